The Balaban J connectivity index is 2.45. The van der Waals surface area contributed by atoms with Crippen molar-refractivity contribution in [3.8, 4) is 0 Å². The Hall–Kier alpha value is -1.41. The van der Waals surface area contributed by atoms with E-state index in [0.29, 0.717) is 0 Å². The highest BCUT2D eigenvalue weighted by molar-refractivity contribution is 6.21. The molecule has 0 saturated carbocycles. The monoisotopic (exact) mass is 288 g/mol. The molecule has 19 heavy (non-hydrogen) atoms. The standard InChI is InChI=1S/C11H13ClN2O5/c1-2-11(5-15)8(17)7(12)9(19-11)14-4-3-6(16)13-10(14)18/h2-4,7-9,15,17H,1,5H2,(H,13,16,18)/t7-,8+,9-,11-/m1/s1. The molecule has 1 aliphatic heterocycles. The molecule has 1 aliphatic rings. The lowest BCUT2D eigenvalue weighted by Crippen LogP contribution is -2.43. The number of H-pyrrole nitrogens is 1. The van der Waals surface area contributed by atoms with E-state index in [2.05, 4.69) is 11.6 Å². The van der Waals surface area contributed by atoms with Gasteiger partial charge in [-0.3, -0.25) is 14.3 Å². The minimum Gasteiger partial charge on any atom is -0.393 e. The molecule has 1 aromatic heterocycles. The van der Waals surface area contributed by atoms with E-state index in [9.17, 15) is 19.8 Å². The van der Waals surface area contributed by atoms with Crippen LogP contribution in [-0.2, 0) is 4.74 Å². The zero-order valence-corrected chi connectivity index (χ0v) is 10.6. The summed E-state index contributed by atoms with van der Waals surface area (Å²) in [6, 6.07) is 1.13. The summed E-state index contributed by atoms with van der Waals surface area (Å²) in [4.78, 5) is 24.7. The SMILES string of the molecule is C=C[C@]1(CO)O[C@@H](n2ccc(=O)[nH]c2=O)[C@H](Cl)[C@@H]1O. The van der Waals surface area contributed by atoms with Crippen molar-refractivity contribution in [2.75, 3.05) is 6.61 Å². The lowest BCUT2D eigenvalue weighted by Gasteiger charge is -2.25. The fraction of sp³-hybridized carbons (Fsp3) is 0.455. The summed E-state index contributed by atoms with van der Waals surface area (Å²) < 4.78 is 6.51. The second-order valence-electron chi connectivity index (χ2n) is 4.23. The molecular formula is C11H13ClN2O5. The van der Waals surface area contributed by atoms with E-state index in [0.717, 1.165) is 10.6 Å². The molecule has 8 heteroatoms. The van der Waals surface area contributed by atoms with E-state index in [-0.39, 0.29) is 0 Å². The molecule has 2 rings (SSSR count). The normalized spacial score (nSPS) is 34.4. The number of aliphatic hydroxyl groups excluding tert-OH is 2. The van der Waals surface area contributed by atoms with Gasteiger partial charge in [0.15, 0.2) is 6.23 Å². The van der Waals surface area contributed by atoms with Crippen LogP contribution in [0.1, 0.15) is 6.23 Å². The third kappa shape index (κ3) is 2.14. The number of alkyl halides is 1. The van der Waals surface area contributed by atoms with E-state index >= 15 is 0 Å². The van der Waals surface area contributed by atoms with E-state index in [1.807, 2.05) is 0 Å². The van der Waals surface area contributed by atoms with Gasteiger partial charge in [0.1, 0.15) is 17.1 Å². The molecule has 0 spiro atoms. The first-order chi connectivity index (χ1) is 8.95. The maximum atomic E-state index is 11.7. The Bertz CT molecular complexity index is 597. The van der Waals surface area contributed by atoms with E-state index in [4.69, 9.17) is 16.3 Å². The zero-order valence-electron chi connectivity index (χ0n) is 9.82. The van der Waals surface area contributed by atoms with Crippen LogP contribution < -0.4 is 11.2 Å². The molecule has 2 heterocycles. The molecule has 3 N–H and O–H groups in total. The van der Waals surface area contributed by atoms with E-state index in [1.54, 1.807) is 0 Å². The van der Waals surface area contributed by atoms with Gasteiger partial charge in [0.25, 0.3) is 5.56 Å². The Kier molecular flexibility index (Phi) is 3.64. The van der Waals surface area contributed by atoms with Crippen molar-refractivity contribution < 1.29 is 14.9 Å². The number of rotatable bonds is 3. The molecular weight excluding hydrogens is 276 g/mol. The van der Waals surface area contributed by atoms with Crippen molar-refractivity contribution in [3.63, 3.8) is 0 Å². The highest BCUT2D eigenvalue weighted by Crippen LogP contribution is 2.40. The van der Waals surface area contributed by atoms with Crippen molar-refractivity contribution in [2.24, 2.45) is 0 Å². The van der Waals surface area contributed by atoms with E-state index < -0.39 is 41.2 Å². The van der Waals surface area contributed by atoms with Crippen LogP contribution in [0.3, 0.4) is 0 Å². The topological polar surface area (TPSA) is 105 Å². The minimum absolute atomic E-state index is 0.532. The van der Waals surface area contributed by atoms with Crippen molar-refractivity contribution >= 4 is 11.6 Å². The fourth-order valence-corrected chi connectivity index (χ4v) is 2.37. The largest absolute Gasteiger partial charge is 0.393 e. The number of ether oxygens (including phenoxy) is 1. The molecule has 1 saturated heterocycles. The second kappa shape index (κ2) is 4.93. The molecule has 0 aromatic carbocycles. The lowest BCUT2D eigenvalue weighted by molar-refractivity contribution is -0.0973. The van der Waals surface area contributed by atoms with Gasteiger partial charge in [-0.25, -0.2) is 4.79 Å². The summed E-state index contributed by atoms with van der Waals surface area (Å²) in [6.07, 6.45) is 0.195. The van der Waals surface area contributed by atoms with Crippen molar-refractivity contribution in [3.05, 3.63) is 45.8 Å². The van der Waals surface area contributed by atoms with Gasteiger partial charge >= 0.3 is 5.69 Å². The maximum absolute atomic E-state index is 11.7. The summed E-state index contributed by atoms with van der Waals surface area (Å²) in [5.74, 6) is 0. The van der Waals surface area contributed by atoms with Crippen molar-refractivity contribution in [1.82, 2.24) is 9.55 Å². The van der Waals surface area contributed by atoms with Crippen LogP contribution in [0.15, 0.2) is 34.5 Å². The summed E-state index contributed by atoms with van der Waals surface area (Å²) in [5, 5.41) is 18.4. The summed E-state index contributed by atoms with van der Waals surface area (Å²) >= 11 is 6.03. The predicted molar refractivity (Wildman–Crippen MR) is 67.1 cm³/mol. The van der Waals surface area contributed by atoms with Crippen LogP contribution in [0.2, 0.25) is 0 Å². The van der Waals surface area contributed by atoms with Crippen LogP contribution in [0, 0.1) is 0 Å². The highest BCUT2D eigenvalue weighted by Gasteiger charge is 2.53. The fourth-order valence-electron chi connectivity index (χ4n) is 1.99. The zero-order chi connectivity index (χ0) is 14.2. The van der Waals surface area contributed by atoms with Crippen molar-refractivity contribution in [2.45, 2.75) is 23.3 Å². The van der Waals surface area contributed by atoms with Crippen LogP contribution in [-0.4, -0.2) is 43.5 Å². The molecule has 0 radical (unpaired) electrons. The first-order valence-corrected chi connectivity index (χ1v) is 5.94. The Labute approximate surface area is 112 Å². The van der Waals surface area contributed by atoms with Crippen LogP contribution in [0.4, 0.5) is 0 Å². The van der Waals surface area contributed by atoms with Crippen LogP contribution >= 0.6 is 11.6 Å². The van der Waals surface area contributed by atoms with Gasteiger partial charge < -0.3 is 14.9 Å². The average Bonchev–Trinajstić information content (AvgIpc) is 2.64. The van der Waals surface area contributed by atoms with Crippen LogP contribution in [0.5, 0.6) is 0 Å². The van der Waals surface area contributed by atoms with E-state index in [1.165, 1.54) is 12.3 Å². The Morgan fingerprint density at radius 3 is 2.79 bits per heavy atom. The first kappa shape index (κ1) is 14.0. The Morgan fingerprint density at radius 2 is 2.32 bits per heavy atom. The van der Waals surface area contributed by atoms with Gasteiger partial charge in [-0.15, -0.1) is 18.2 Å². The molecule has 0 bridgehead atoms. The quantitative estimate of drug-likeness (QED) is 0.486. The number of halogens is 1. The average molecular weight is 289 g/mol. The van der Waals surface area contributed by atoms with Gasteiger partial charge in [0.05, 0.1) is 6.61 Å². The third-order valence-electron chi connectivity index (χ3n) is 3.13. The third-order valence-corrected chi connectivity index (χ3v) is 3.59. The number of nitrogens with one attached hydrogen (secondary N) is 1. The molecule has 0 amide bonds. The number of aliphatic hydroxyl groups is 2. The maximum Gasteiger partial charge on any atom is 0.330 e. The van der Waals surface area contributed by atoms with Gasteiger partial charge in [0, 0.05) is 12.3 Å². The molecule has 7 nitrogen and oxygen atoms in total. The minimum atomic E-state index is -1.44. The summed E-state index contributed by atoms with van der Waals surface area (Å²) in [5.41, 5.74) is -2.71. The number of hydrogen-bond acceptors (Lipinski definition) is 5. The number of hydrogen-bond donors (Lipinski definition) is 3. The summed E-state index contributed by atoms with van der Waals surface area (Å²) in [7, 11) is 0. The lowest BCUT2D eigenvalue weighted by atomic mass is 9.98. The van der Waals surface area contributed by atoms with Gasteiger partial charge in [-0.05, 0) is 0 Å². The highest BCUT2D eigenvalue weighted by atomic mass is 35.5. The predicted octanol–water partition coefficient (Wildman–Crippen LogP) is -1.05. The molecule has 0 unspecified atom stereocenters. The number of nitrogens with zero attached hydrogens (tertiary/aromatic N) is 1. The first-order valence-electron chi connectivity index (χ1n) is 5.51. The Morgan fingerprint density at radius 1 is 1.63 bits per heavy atom. The molecule has 4 atom stereocenters. The molecule has 1 fully saturated rings. The van der Waals surface area contributed by atoms with Gasteiger partial charge in [-0.1, -0.05) is 6.08 Å². The summed E-state index contributed by atoms with van der Waals surface area (Å²) in [6.45, 7) is 2.95. The number of aromatic amines is 1. The second-order valence-corrected chi connectivity index (χ2v) is 4.74. The number of aromatic nitrogens is 2. The van der Waals surface area contributed by atoms with Crippen molar-refractivity contribution in [1.29, 1.82) is 0 Å². The van der Waals surface area contributed by atoms with Gasteiger partial charge in [0.2, 0.25) is 0 Å². The molecule has 0 aliphatic carbocycles. The van der Waals surface area contributed by atoms with Crippen LogP contribution in [0.25, 0.3) is 0 Å². The van der Waals surface area contributed by atoms with Gasteiger partial charge in [-0.2, -0.15) is 0 Å². The molecule has 1 aromatic rings. The molecule has 104 valence electrons. The smallest absolute Gasteiger partial charge is 0.330 e.